The number of fused-ring (bicyclic) bond motifs is 5. The summed E-state index contributed by atoms with van der Waals surface area (Å²) >= 11 is 0. The minimum absolute atomic E-state index is 0.105. The van der Waals surface area contributed by atoms with E-state index in [9.17, 15) is 4.79 Å². The summed E-state index contributed by atoms with van der Waals surface area (Å²) in [6.45, 7) is 6.90. The zero-order valence-electron chi connectivity index (χ0n) is 13.3. The van der Waals surface area contributed by atoms with Crippen LogP contribution in [0.1, 0.15) is 56.7 Å². The van der Waals surface area contributed by atoms with Gasteiger partial charge in [0, 0.05) is 18.3 Å². The number of carbonyl (C=O) groups is 1. The molecule has 1 heteroatoms. The van der Waals surface area contributed by atoms with Crippen LogP contribution in [0.25, 0.3) is 0 Å². The van der Waals surface area contributed by atoms with E-state index in [1.165, 1.54) is 29.5 Å². The molecule has 2 bridgehead atoms. The molecule has 1 nitrogen and oxygen atoms in total. The van der Waals surface area contributed by atoms with Crippen molar-refractivity contribution in [1.29, 1.82) is 0 Å². The molecule has 3 atom stereocenters. The highest BCUT2D eigenvalue weighted by Gasteiger charge is 2.53. The van der Waals surface area contributed by atoms with E-state index in [1.807, 2.05) is 0 Å². The van der Waals surface area contributed by atoms with Crippen molar-refractivity contribution in [2.24, 2.45) is 11.8 Å². The van der Waals surface area contributed by atoms with Gasteiger partial charge in [-0.05, 0) is 46.8 Å². The molecule has 0 aliphatic heterocycles. The van der Waals surface area contributed by atoms with E-state index in [1.54, 1.807) is 0 Å². The molecule has 3 aliphatic rings. The second-order valence-corrected chi connectivity index (χ2v) is 8.33. The lowest BCUT2D eigenvalue weighted by molar-refractivity contribution is -0.120. The monoisotopic (exact) mass is 280 g/mol. The Labute approximate surface area is 127 Å². The fourth-order valence-electron chi connectivity index (χ4n) is 5.12. The van der Waals surface area contributed by atoms with Crippen LogP contribution in [0.4, 0.5) is 0 Å². The van der Waals surface area contributed by atoms with Crippen molar-refractivity contribution in [3.63, 3.8) is 0 Å². The van der Waals surface area contributed by atoms with Crippen molar-refractivity contribution < 1.29 is 4.79 Å². The molecule has 1 aromatic carbocycles. The number of hydrogen-bond donors (Lipinski definition) is 0. The minimum Gasteiger partial charge on any atom is -0.299 e. The average Bonchev–Trinajstić information content (AvgIpc) is 2.97. The van der Waals surface area contributed by atoms with Crippen LogP contribution in [0, 0.1) is 11.8 Å². The maximum absolute atomic E-state index is 12.4. The van der Waals surface area contributed by atoms with Crippen LogP contribution in [-0.2, 0) is 22.0 Å². The van der Waals surface area contributed by atoms with Gasteiger partial charge in [-0.3, -0.25) is 4.79 Å². The Hall–Kier alpha value is -1.37. The molecule has 110 valence electrons. The molecule has 3 aliphatic carbocycles. The van der Waals surface area contributed by atoms with Gasteiger partial charge < -0.3 is 0 Å². The fraction of sp³-hybridized carbons (Fsp3) is 0.550. The summed E-state index contributed by atoms with van der Waals surface area (Å²) in [6.07, 6.45) is 8.62. The van der Waals surface area contributed by atoms with Gasteiger partial charge >= 0.3 is 0 Å². The molecular formula is C20H24O. The van der Waals surface area contributed by atoms with Gasteiger partial charge in [0.1, 0.15) is 5.78 Å². The molecule has 21 heavy (non-hydrogen) atoms. The Kier molecular flexibility index (Phi) is 2.59. The first-order chi connectivity index (χ1) is 9.90. The van der Waals surface area contributed by atoms with E-state index >= 15 is 0 Å². The number of benzene rings is 1. The Balaban J connectivity index is 1.98. The lowest BCUT2D eigenvalue weighted by Gasteiger charge is -2.43. The topological polar surface area (TPSA) is 17.1 Å². The molecule has 0 heterocycles. The van der Waals surface area contributed by atoms with Gasteiger partial charge in [0.2, 0.25) is 0 Å². The molecule has 1 fully saturated rings. The van der Waals surface area contributed by atoms with Gasteiger partial charge in [0.15, 0.2) is 0 Å². The zero-order chi connectivity index (χ0) is 14.8. The SMILES string of the molecule is CC(C)(C)c1cccc2c1C1(CC(=O)C2)CC2C=CC1C2. The van der Waals surface area contributed by atoms with Crippen molar-refractivity contribution >= 4 is 5.78 Å². The van der Waals surface area contributed by atoms with E-state index in [2.05, 4.69) is 51.1 Å². The maximum atomic E-state index is 12.4. The molecule has 1 saturated carbocycles. The zero-order valence-corrected chi connectivity index (χ0v) is 13.3. The number of hydrogen-bond acceptors (Lipinski definition) is 1. The first-order valence-corrected chi connectivity index (χ1v) is 8.23. The number of carbonyl (C=O) groups excluding carboxylic acids is 1. The number of allylic oxidation sites excluding steroid dienone is 2. The van der Waals surface area contributed by atoms with E-state index in [-0.39, 0.29) is 10.8 Å². The third kappa shape index (κ3) is 1.79. The van der Waals surface area contributed by atoms with Crippen molar-refractivity contribution in [1.82, 2.24) is 0 Å². The van der Waals surface area contributed by atoms with Gasteiger partial charge in [0.05, 0.1) is 0 Å². The molecule has 0 N–H and O–H groups in total. The van der Waals surface area contributed by atoms with Gasteiger partial charge in [-0.15, -0.1) is 0 Å². The van der Waals surface area contributed by atoms with Crippen LogP contribution in [0.2, 0.25) is 0 Å². The molecule has 0 radical (unpaired) electrons. The van der Waals surface area contributed by atoms with Crippen LogP contribution < -0.4 is 0 Å². The molecule has 4 rings (SSSR count). The van der Waals surface area contributed by atoms with Crippen LogP contribution in [0.3, 0.4) is 0 Å². The van der Waals surface area contributed by atoms with Crippen LogP contribution in [-0.4, -0.2) is 5.78 Å². The van der Waals surface area contributed by atoms with Crippen molar-refractivity contribution in [3.05, 3.63) is 47.0 Å². The van der Waals surface area contributed by atoms with E-state index in [0.717, 1.165) is 6.42 Å². The fourth-order valence-corrected chi connectivity index (χ4v) is 5.12. The summed E-state index contributed by atoms with van der Waals surface area (Å²) < 4.78 is 0. The Morgan fingerprint density at radius 2 is 2.00 bits per heavy atom. The first-order valence-electron chi connectivity index (χ1n) is 8.23. The second-order valence-electron chi connectivity index (χ2n) is 8.33. The van der Waals surface area contributed by atoms with Crippen LogP contribution in [0.15, 0.2) is 30.4 Å². The molecule has 0 aromatic heterocycles. The lowest BCUT2D eigenvalue weighted by Crippen LogP contribution is -2.41. The quantitative estimate of drug-likeness (QED) is 0.646. The number of ketones is 1. The molecule has 0 saturated heterocycles. The highest BCUT2D eigenvalue weighted by molar-refractivity contribution is 5.86. The summed E-state index contributed by atoms with van der Waals surface area (Å²) in [5, 5.41) is 0. The predicted octanol–water partition coefficient (Wildman–Crippen LogP) is 4.33. The van der Waals surface area contributed by atoms with Gasteiger partial charge in [-0.2, -0.15) is 0 Å². The summed E-state index contributed by atoms with van der Waals surface area (Å²) in [5.41, 5.74) is 4.56. The minimum atomic E-state index is 0.105. The molecule has 1 spiro atoms. The second kappa shape index (κ2) is 4.09. The third-order valence-corrected chi connectivity index (χ3v) is 5.87. The first kappa shape index (κ1) is 13.3. The van der Waals surface area contributed by atoms with Gasteiger partial charge in [0.25, 0.3) is 0 Å². The summed E-state index contributed by atoms with van der Waals surface area (Å²) in [4.78, 5) is 12.4. The molecule has 0 amide bonds. The lowest BCUT2D eigenvalue weighted by atomic mass is 9.59. The highest BCUT2D eigenvalue weighted by atomic mass is 16.1. The molecule has 1 aromatic rings. The number of rotatable bonds is 0. The van der Waals surface area contributed by atoms with E-state index < -0.39 is 0 Å². The molecule has 3 unspecified atom stereocenters. The van der Waals surface area contributed by atoms with Gasteiger partial charge in [-0.25, -0.2) is 0 Å². The Bertz CT molecular complexity index is 646. The predicted molar refractivity (Wildman–Crippen MR) is 85.5 cm³/mol. The van der Waals surface area contributed by atoms with E-state index in [0.29, 0.717) is 24.0 Å². The van der Waals surface area contributed by atoms with Crippen molar-refractivity contribution in [3.8, 4) is 0 Å². The highest BCUT2D eigenvalue weighted by Crippen LogP contribution is 2.59. The summed E-state index contributed by atoms with van der Waals surface area (Å²) in [6, 6.07) is 6.64. The Morgan fingerprint density at radius 1 is 1.19 bits per heavy atom. The largest absolute Gasteiger partial charge is 0.299 e. The smallest absolute Gasteiger partial charge is 0.138 e. The Morgan fingerprint density at radius 3 is 2.62 bits per heavy atom. The van der Waals surface area contributed by atoms with Gasteiger partial charge in [-0.1, -0.05) is 51.1 Å². The molecular weight excluding hydrogens is 256 g/mol. The van der Waals surface area contributed by atoms with Crippen LogP contribution in [0.5, 0.6) is 0 Å². The van der Waals surface area contributed by atoms with Crippen molar-refractivity contribution in [2.45, 2.75) is 57.3 Å². The number of Topliss-reactive ketones (excluding diaryl/α,β-unsaturated/α-hetero) is 1. The third-order valence-electron chi connectivity index (χ3n) is 5.87. The van der Waals surface area contributed by atoms with Crippen LogP contribution >= 0.6 is 0 Å². The summed E-state index contributed by atoms with van der Waals surface area (Å²) in [7, 11) is 0. The average molecular weight is 280 g/mol. The normalized spacial score (nSPS) is 33.8. The standard InChI is InChI=1S/C20H24O/c1-19(2,3)17-6-4-5-14-10-16(21)12-20(18(14)17)11-13-7-8-15(20)9-13/h4-8,13,15H,9-12H2,1-3H3. The maximum Gasteiger partial charge on any atom is 0.138 e. The van der Waals surface area contributed by atoms with Crippen molar-refractivity contribution in [2.75, 3.05) is 0 Å². The van der Waals surface area contributed by atoms with E-state index in [4.69, 9.17) is 0 Å². The summed E-state index contributed by atoms with van der Waals surface area (Å²) in [5.74, 6) is 1.71.